The number of benzene rings is 2. The molecule has 11 heteroatoms. The smallest absolute Gasteiger partial charge is 0.246 e. The second-order valence-electron chi connectivity index (χ2n) is 8.85. The Balaban J connectivity index is 1.19. The summed E-state index contributed by atoms with van der Waals surface area (Å²) < 4.78 is 64.1. The zero-order valence-electron chi connectivity index (χ0n) is 18.6. The summed E-state index contributed by atoms with van der Waals surface area (Å²) in [5.41, 5.74) is 0.996. The van der Waals surface area contributed by atoms with Crippen LogP contribution in [0.2, 0.25) is 0 Å². The van der Waals surface area contributed by atoms with Crippen molar-refractivity contribution < 1.29 is 21.9 Å². The average Bonchev–Trinajstić information content (AvgIpc) is 3.27. The molecule has 2 fully saturated rings. The van der Waals surface area contributed by atoms with Crippen LogP contribution >= 0.6 is 11.5 Å². The van der Waals surface area contributed by atoms with E-state index in [4.69, 9.17) is 4.74 Å². The number of hydrogen-bond donors (Lipinski definition) is 0. The van der Waals surface area contributed by atoms with E-state index in [0.717, 1.165) is 42.7 Å². The van der Waals surface area contributed by atoms with Gasteiger partial charge < -0.3 is 9.64 Å². The molecule has 0 amide bonds. The summed E-state index contributed by atoms with van der Waals surface area (Å²) in [7, 11) is -2.47. The number of piperidine rings is 1. The highest BCUT2D eigenvalue weighted by Gasteiger charge is 2.47. The van der Waals surface area contributed by atoms with Crippen molar-refractivity contribution in [1.82, 2.24) is 13.7 Å². The summed E-state index contributed by atoms with van der Waals surface area (Å²) in [4.78, 5) is 6.67. The van der Waals surface area contributed by atoms with Gasteiger partial charge in [-0.3, -0.25) is 0 Å². The summed E-state index contributed by atoms with van der Waals surface area (Å²) in [6, 6.07) is 9.86. The second kappa shape index (κ2) is 8.86. The van der Waals surface area contributed by atoms with Crippen LogP contribution < -0.4 is 9.64 Å². The first-order valence-corrected chi connectivity index (χ1v) is 13.2. The third kappa shape index (κ3) is 4.39. The van der Waals surface area contributed by atoms with Crippen molar-refractivity contribution in [2.24, 2.45) is 5.41 Å². The summed E-state index contributed by atoms with van der Waals surface area (Å²) in [6.45, 7) is 2.36. The molecule has 2 aliphatic rings. The Kier molecular flexibility index (Phi) is 6.03. The van der Waals surface area contributed by atoms with Crippen molar-refractivity contribution in [3.63, 3.8) is 0 Å². The van der Waals surface area contributed by atoms with Crippen LogP contribution in [0.5, 0.6) is 5.75 Å². The SMILES string of the molecule is COc1ccc(F)cc1S(=O)(=O)N1CCC2(CC1)CN(c1nc(Cc3ccc(F)cc3)ns1)C2. The molecule has 3 aromatic rings. The van der Waals surface area contributed by atoms with Gasteiger partial charge in [0.25, 0.3) is 0 Å². The second-order valence-corrected chi connectivity index (χ2v) is 11.5. The largest absolute Gasteiger partial charge is 0.495 e. The lowest BCUT2D eigenvalue weighted by atomic mass is 9.73. The highest BCUT2D eigenvalue weighted by Crippen LogP contribution is 2.44. The molecule has 2 saturated heterocycles. The molecular weight excluding hydrogens is 482 g/mol. The van der Waals surface area contributed by atoms with Crippen LogP contribution in [0.15, 0.2) is 47.4 Å². The quantitative estimate of drug-likeness (QED) is 0.508. The first-order chi connectivity index (χ1) is 16.3. The molecule has 0 atom stereocenters. The van der Waals surface area contributed by atoms with E-state index in [2.05, 4.69) is 14.3 Å². The third-order valence-corrected chi connectivity index (χ3v) is 9.32. The zero-order valence-corrected chi connectivity index (χ0v) is 20.2. The fourth-order valence-electron chi connectivity index (χ4n) is 4.64. The molecule has 0 unspecified atom stereocenters. The Hall–Kier alpha value is -2.63. The fourth-order valence-corrected chi connectivity index (χ4v) is 6.93. The predicted molar refractivity (Wildman–Crippen MR) is 125 cm³/mol. The van der Waals surface area contributed by atoms with Gasteiger partial charge >= 0.3 is 0 Å². The van der Waals surface area contributed by atoms with Gasteiger partial charge in [-0.05, 0) is 48.7 Å². The van der Waals surface area contributed by atoms with Crippen molar-refractivity contribution in [2.75, 3.05) is 38.2 Å². The van der Waals surface area contributed by atoms with Crippen molar-refractivity contribution >= 4 is 26.7 Å². The van der Waals surface area contributed by atoms with Crippen LogP contribution in [-0.4, -0.2) is 55.4 Å². The van der Waals surface area contributed by atoms with Crippen LogP contribution in [0.3, 0.4) is 0 Å². The molecule has 34 heavy (non-hydrogen) atoms. The van der Waals surface area contributed by atoms with E-state index in [1.807, 2.05) is 0 Å². The maximum atomic E-state index is 13.7. The molecule has 0 N–H and O–H groups in total. The number of hydrogen-bond acceptors (Lipinski definition) is 7. The molecule has 5 rings (SSSR count). The Morgan fingerprint density at radius 2 is 1.74 bits per heavy atom. The maximum absolute atomic E-state index is 13.7. The van der Waals surface area contributed by atoms with Gasteiger partial charge in [-0.2, -0.15) is 8.68 Å². The Labute approximate surface area is 201 Å². The number of anilines is 1. The summed E-state index contributed by atoms with van der Waals surface area (Å²) in [6.07, 6.45) is 2.00. The maximum Gasteiger partial charge on any atom is 0.246 e. The van der Waals surface area contributed by atoms with E-state index in [-0.39, 0.29) is 21.9 Å². The lowest BCUT2D eigenvalue weighted by Gasteiger charge is -2.53. The van der Waals surface area contributed by atoms with Gasteiger partial charge in [0, 0.05) is 49.5 Å². The molecule has 0 bridgehead atoms. The Bertz CT molecular complexity index is 1280. The number of nitrogens with zero attached hydrogens (tertiary/aromatic N) is 4. The first kappa shape index (κ1) is 23.1. The molecule has 180 valence electrons. The van der Waals surface area contributed by atoms with Gasteiger partial charge in [-0.15, -0.1) is 0 Å². The molecule has 7 nitrogen and oxygen atoms in total. The van der Waals surface area contributed by atoms with Crippen LogP contribution in [0.25, 0.3) is 0 Å². The summed E-state index contributed by atoms with van der Waals surface area (Å²) >= 11 is 1.35. The van der Waals surface area contributed by atoms with E-state index in [1.54, 1.807) is 12.1 Å². The molecule has 1 spiro atoms. The Morgan fingerprint density at radius 1 is 1.06 bits per heavy atom. The lowest BCUT2D eigenvalue weighted by molar-refractivity contribution is 0.114. The average molecular weight is 507 g/mol. The monoisotopic (exact) mass is 506 g/mol. The number of aromatic nitrogens is 2. The molecular formula is C23H24F2N4O3S2. The third-order valence-electron chi connectivity index (χ3n) is 6.58. The minimum atomic E-state index is -3.85. The van der Waals surface area contributed by atoms with Crippen LogP contribution in [-0.2, 0) is 16.4 Å². The van der Waals surface area contributed by atoms with Gasteiger partial charge in [0.2, 0.25) is 15.2 Å². The molecule has 3 heterocycles. The minimum absolute atomic E-state index is 0.0425. The van der Waals surface area contributed by atoms with E-state index in [1.165, 1.54) is 47.2 Å². The van der Waals surface area contributed by atoms with E-state index >= 15 is 0 Å². The normalized spacial score (nSPS) is 18.1. The fraction of sp³-hybridized carbons (Fsp3) is 0.391. The van der Waals surface area contributed by atoms with Gasteiger partial charge in [0.05, 0.1) is 7.11 Å². The van der Waals surface area contributed by atoms with E-state index < -0.39 is 15.8 Å². The molecule has 0 saturated carbocycles. The first-order valence-electron chi connectivity index (χ1n) is 10.9. The van der Waals surface area contributed by atoms with Crippen molar-refractivity contribution in [3.8, 4) is 5.75 Å². The lowest BCUT2D eigenvalue weighted by Crippen LogP contribution is -2.61. The Morgan fingerprint density at radius 3 is 2.41 bits per heavy atom. The number of ether oxygens (including phenoxy) is 1. The standard InChI is InChI=1S/C23H24F2N4O3S2/c1-32-19-7-6-18(25)13-20(19)34(30,31)29-10-8-23(9-11-29)14-28(15-23)22-26-21(27-33-22)12-16-2-4-17(24)5-3-16/h2-7,13H,8-12,14-15H2,1H3. The summed E-state index contributed by atoms with van der Waals surface area (Å²) in [5.74, 6) is -0.0319. The van der Waals surface area contributed by atoms with Gasteiger partial charge in [0.15, 0.2) is 0 Å². The molecule has 1 aromatic heterocycles. The number of halogens is 2. The highest BCUT2D eigenvalue weighted by atomic mass is 32.2. The molecule has 0 aliphatic carbocycles. The number of rotatable bonds is 6. The number of sulfonamides is 1. The van der Waals surface area contributed by atoms with Crippen LogP contribution in [0, 0.1) is 17.0 Å². The summed E-state index contributed by atoms with van der Waals surface area (Å²) in [5, 5.41) is 0.849. The van der Waals surface area contributed by atoms with Crippen molar-refractivity contribution in [1.29, 1.82) is 0 Å². The molecule has 2 aromatic carbocycles. The van der Waals surface area contributed by atoms with E-state index in [9.17, 15) is 17.2 Å². The molecule has 2 aliphatic heterocycles. The van der Waals surface area contributed by atoms with Gasteiger partial charge in [0.1, 0.15) is 28.1 Å². The molecule has 0 radical (unpaired) electrons. The topological polar surface area (TPSA) is 75.6 Å². The van der Waals surface area contributed by atoms with Gasteiger partial charge in [-0.25, -0.2) is 22.2 Å². The van der Waals surface area contributed by atoms with E-state index in [0.29, 0.717) is 25.3 Å². The highest BCUT2D eigenvalue weighted by molar-refractivity contribution is 7.89. The van der Waals surface area contributed by atoms with Crippen LogP contribution in [0.1, 0.15) is 24.2 Å². The predicted octanol–water partition coefficient (Wildman–Crippen LogP) is 3.71. The van der Waals surface area contributed by atoms with Crippen LogP contribution in [0.4, 0.5) is 13.9 Å². The van der Waals surface area contributed by atoms with Crippen molar-refractivity contribution in [3.05, 3.63) is 65.5 Å². The van der Waals surface area contributed by atoms with Crippen molar-refractivity contribution in [2.45, 2.75) is 24.2 Å². The van der Waals surface area contributed by atoms with Gasteiger partial charge in [-0.1, -0.05) is 12.1 Å². The minimum Gasteiger partial charge on any atom is -0.495 e. The number of methoxy groups -OCH3 is 1. The zero-order chi connectivity index (χ0) is 23.9.